The topological polar surface area (TPSA) is 50.4 Å². The number of rotatable bonds is 3. The van der Waals surface area contributed by atoms with Crippen molar-refractivity contribution in [1.29, 1.82) is 0 Å². The number of hydrogen-bond acceptors (Lipinski definition) is 3. The standard InChI is InChI=1S/C14H20N2O2/c1-10-3-4-13(9-10)15-11-5-7-12(8-6-11)16-14(17)18-2/h5-8,10,13,15H,3-4,9H2,1-2H3,(H,16,17). The van der Waals surface area contributed by atoms with E-state index in [1.807, 2.05) is 24.3 Å². The molecule has 1 saturated carbocycles. The van der Waals surface area contributed by atoms with E-state index in [-0.39, 0.29) is 0 Å². The van der Waals surface area contributed by atoms with Crippen LogP contribution in [0.5, 0.6) is 0 Å². The molecule has 1 aromatic carbocycles. The Labute approximate surface area is 108 Å². The van der Waals surface area contributed by atoms with Crippen LogP contribution in [0.3, 0.4) is 0 Å². The molecule has 0 radical (unpaired) electrons. The van der Waals surface area contributed by atoms with Crippen molar-refractivity contribution in [3.63, 3.8) is 0 Å². The zero-order valence-electron chi connectivity index (χ0n) is 10.9. The molecule has 0 saturated heterocycles. The smallest absolute Gasteiger partial charge is 0.411 e. The van der Waals surface area contributed by atoms with E-state index < -0.39 is 6.09 Å². The molecule has 2 unspecified atom stereocenters. The van der Waals surface area contributed by atoms with Crippen molar-refractivity contribution in [2.75, 3.05) is 17.7 Å². The summed E-state index contributed by atoms with van der Waals surface area (Å²) in [5.74, 6) is 0.822. The fourth-order valence-electron chi connectivity index (χ4n) is 2.39. The number of carbonyl (C=O) groups is 1. The highest BCUT2D eigenvalue weighted by Crippen LogP contribution is 2.27. The first-order chi connectivity index (χ1) is 8.67. The summed E-state index contributed by atoms with van der Waals surface area (Å²) < 4.78 is 4.54. The second-order valence-corrected chi connectivity index (χ2v) is 4.95. The Morgan fingerprint density at radius 3 is 2.44 bits per heavy atom. The van der Waals surface area contributed by atoms with E-state index in [1.165, 1.54) is 26.4 Å². The summed E-state index contributed by atoms with van der Waals surface area (Å²) in [5.41, 5.74) is 1.84. The summed E-state index contributed by atoms with van der Waals surface area (Å²) in [6, 6.07) is 8.29. The molecular formula is C14H20N2O2. The molecule has 0 spiro atoms. The minimum Gasteiger partial charge on any atom is -0.453 e. The van der Waals surface area contributed by atoms with Crippen LogP contribution >= 0.6 is 0 Å². The van der Waals surface area contributed by atoms with Gasteiger partial charge in [-0.1, -0.05) is 6.92 Å². The van der Waals surface area contributed by atoms with Crippen molar-refractivity contribution >= 4 is 17.5 Å². The zero-order valence-corrected chi connectivity index (χ0v) is 10.9. The average Bonchev–Trinajstić information content (AvgIpc) is 2.77. The maximum Gasteiger partial charge on any atom is 0.411 e. The SMILES string of the molecule is COC(=O)Nc1ccc(NC2CCC(C)C2)cc1. The Morgan fingerprint density at radius 1 is 1.22 bits per heavy atom. The molecule has 2 rings (SSSR count). The second-order valence-electron chi connectivity index (χ2n) is 4.95. The molecule has 1 amide bonds. The summed E-state index contributed by atoms with van der Waals surface area (Å²) in [6.07, 6.45) is 3.34. The maximum absolute atomic E-state index is 11.0. The summed E-state index contributed by atoms with van der Waals surface area (Å²) in [6.45, 7) is 2.30. The fraction of sp³-hybridized carbons (Fsp3) is 0.500. The highest BCUT2D eigenvalue weighted by molar-refractivity contribution is 5.84. The molecule has 0 heterocycles. The molecule has 2 atom stereocenters. The number of amides is 1. The van der Waals surface area contributed by atoms with E-state index in [9.17, 15) is 4.79 Å². The van der Waals surface area contributed by atoms with Crippen molar-refractivity contribution in [2.24, 2.45) is 5.92 Å². The Kier molecular flexibility index (Phi) is 4.07. The third kappa shape index (κ3) is 3.39. The summed E-state index contributed by atoms with van der Waals surface area (Å²) in [7, 11) is 1.35. The van der Waals surface area contributed by atoms with E-state index in [2.05, 4.69) is 22.3 Å². The molecule has 1 fully saturated rings. The molecule has 1 aliphatic carbocycles. The number of anilines is 2. The van der Waals surface area contributed by atoms with Gasteiger partial charge in [-0.2, -0.15) is 0 Å². The predicted octanol–water partition coefficient (Wildman–Crippen LogP) is 3.47. The lowest BCUT2D eigenvalue weighted by Gasteiger charge is -2.14. The minimum atomic E-state index is -0.444. The Hall–Kier alpha value is -1.71. The molecule has 2 N–H and O–H groups in total. The lowest BCUT2D eigenvalue weighted by Crippen LogP contribution is -2.15. The van der Waals surface area contributed by atoms with Crippen LogP contribution in [-0.2, 0) is 4.74 Å². The molecule has 98 valence electrons. The van der Waals surface area contributed by atoms with Crippen molar-refractivity contribution in [1.82, 2.24) is 0 Å². The number of ether oxygens (including phenoxy) is 1. The van der Waals surface area contributed by atoms with E-state index in [0.29, 0.717) is 6.04 Å². The van der Waals surface area contributed by atoms with Gasteiger partial charge in [0.1, 0.15) is 0 Å². The van der Waals surface area contributed by atoms with Crippen LogP contribution in [0.25, 0.3) is 0 Å². The van der Waals surface area contributed by atoms with Gasteiger partial charge in [-0.15, -0.1) is 0 Å². The van der Waals surface area contributed by atoms with E-state index in [1.54, 1.807) is 0 Å². The van der Waals surface area contributed by atoms with Gasteiger partial charge in [-0.25, -0.2) is 4.79 Å². The zero-order chi connectivity index (χ0) is 13.0. The molecular weight excluding hydrogens is 228 g/mol. The maximum atomic E-state index is 11.0. The third-order valence-electron chi connectivity index (χ3n) is 3.38. The summed E-state index contributed by atoms with van der Waals surface area (Å²) in [5, 5.41) is 6.15. The van der Waals surface area contributed by atoms with Crippen LogP contribution in [0.15, 0.2) is 24.3 Å². The summed E-state index contributed by atoms with van der Waals surface area (Å²) >= 11 is 0. The largest absolute Gasteiger partial charge is 0.453 e. The first-order valence-electron chi connectivity index (χ1n) is 6.39. The highest BCUT2D eigenvalue weighted by Gasteiger charge is 2.20. The van der Waals surface area contributed by atoms with Crippen molar-refractivity contribution in [3.05, 3.63) is 24.3 Å². The molecule has 1 aliphatic rings. The van der Waals surface area contributed by atoms with Crippen LogP contribution in [0.2, 0.25) is 0 Å². The number of hydrogen-bond donors (Lipinski definition) is 2. The first-order valence-corrected chi connectivity index (χ1v) is 6.39. The number of nitrogens with one attached hydrogen (secondary N) is 2. The van der Waals surface area contributed by atoms with Crippen molar-refractivity contribution < 1.29 is 9.53 Å². The predicted molar refractivity (Wildman–Crippen MR) is 72.9 cm³/mol. The van der Waals surface area contributed by atoms with Gasteiger partial charge < -0.3 is 10.1 Å². The average molecular weight is 248 g/mol. The number of carbonyl (C=O) groups excluding carboxylic acids is 1. The normalized spacial score (nSPS) is 22.6. The van der Waals surface area contributed by atoms with Crippen molar-refractivity contribution in [2.45, 2.75) is 32.2 Å². The van der Waals surface area contributed by atoms with E-state index >= 15 is 0 Å². The third-order valence-corrected chi connectivity index (χ3v) is 3.38. The lowest BCUT2D eigenvalue weighted by molar-refractivity contribution is 0.187. The Bertz CT molecular complexity index is 403. The van der Waals surface area contributed by atoms with Gasteiger partial charge in [-0.05, 0) is 49.4 Å². The second kappa shape index (κ2) is 5.76. The molecule has 1 aromatic rings. The van der Waals surface area contributed by atoms with Gasteiger partial charge in [0.15, 0.2) is 0 Å². The highest BCUT2D eigenvalue weighted by atomic mass is 16.5. The van der Waals surface area contributed by atoms with Crippen LogP contribution in [0.1, 0.15) is 26.2 Å². The van der Waals surface area contributed by atoms with Crippen LogP contribution in [0.4, 0.5) is 16.2 Å². The van der Waals surface area contributed by atoms with Gasteiger partial charge >= 0.3 is 6.09 Å². The quantitative estimate of drug-likeness (QED) is 0.861. The van der Waals surface area contributed by atoms with Crippen molar-refractivity contribution in [3.8, 4) is 0 Å². The van der Waals surface area contributed by atoms with Gasteiger partial charge in [0, 0.05) is 17.4 Å². The fourth-order valence-corrected chi connectivity index (χ4v) is 2.39. The van der Waals surface area contributed by atoms with Crippen LogP contribution in [0, 0.1) is 5.92 Å². The monoisotopic (exact) mass is 248 g/mol. The number of benzene rings is 1. The van der Waals surface area contributed by atoms with E-state index in [0.717, 1.165) is 17.3 Å². The van der Waals surface area contributed by atoms with Crippen LogP contribution in [-0.4, -0.2) is 19.2 Å². The summed E-state index contributed by atoms with van der Waals surface area (Å²) in [4.78, 5) is 11.0. The molecule has 4 heteroatoms. The van der Waals surface area contributed by atoms with Gasteiger partial charge in [-0.3, -0.25) is 5.32 Å². The van der Waals surface area contributed by atoms with Crippen LogP contribution < -0.4 is 10.6 Å². The molecule has 18 heavy (non-hydrogen) atoms. The molecule has 0 bridgehead atoms. The molecule has 0 aliphatic heterocycles. The lowest BCUT2D eigenvalue weighted by atomic mass is 10.1. The van der Waals surface area contributed by atoms with E-state index in [4.69, 9.17) is 0 Å². The Balaban J connectivity index is 1.89. The Morgan fingerprint density at radius 2 is 1.89 bits per heavy atom. The minimum absolute atomic E-state index is 0.444. The molecule has 0 aromatic heterocycles. The van der Waals surface area contributed by atoms with Gasteiger partial charge in [0.05, 0.1) is 7.11 Å². The van der Waals surface area contributed by atoms with Gasteiger partial charge in [0.25, 0.3) is 0 Å². The number of methoxy groups -OCH3 is 1. The first kappa shape index (κ1) is 12.7. The van der Waals surface area contributed by atoms with Gasteiger partial charge in [0.2, 0.25) is 0 Å². The molecule has 4 nitrogen and oxygen atoms in total.